The second kappa shape index (κ2) is 10.1. The highest BCUT2D eigenvalue weighted by Gasteiger charge is 2.24. The third-order valence-corrected chi connectivity index (χ3v) is 7.18. The zero-order chi connectivity index (χ0) is 21.6. The van der Waals surface area contributed by atoms with E-state index in [1.165, 1.54) is 0 Å². The standard InChI is InChI=1S/C24H25N3O2S2/c1-17-25-21(15-30-17)16-31-22-9-7-19(8-10-22)24(29)27-13-11-20(12-14-27)26-23(28)18-5-3-2-4-6-18/h2-10,15,20H,11-14,16H2,1H3,(H,26,28). The van der Waals surface area contributed by atoms with Gasteiger partial charge in [-0.05, 0) is 56.2 Å². The fraction of sp³-hybridized carbons (Fsp3) is 0.292. The molecule has 2 aromatic carbocycles. The number of hydrogen-bond acceptors (Lipinski definition) is 5. The molecule has 7 heteroatoms. The molecule has 0 bridgehead atoms. The molecule has 1 aliphatic rings. The summed E-state index contributed by atoms with van der Waals surface area (Å²) in [6.45, 7) is 3.32. The maximum absolute atomic E-state index is 12.9. The number of nitrogens with zero attached hydrogens (tertiary/aromatic N) is 2. The minimum atomic E-state index is -0.0497. The molecule has 1 N–H and O–H groups in total. The van der Waals surface area contributed by atoms with Gasteiger partial charge in [-0.1, -0.05) is 18.2 Å². The molecule has 0 unspecified atom stereocenters. The molecular weight excluding hydrogens is 426 g/mol. The molecule has 5 nitrogen and oxygen atoms in total. The summed E-state index contributed by atoms with van der Waals surface area (Å²) >= 11 is 3.39. The van der Waals surface area contributed by atoms with E-state index in [1.807, 2.05) is 66.4 Å². The number of thiazole rings is 1. The van der Waals surface area contributed by atoms with Crippen LogP contribution in [0.4, 0.5) is 0 Å². The lowest BCUT2D eigenvalue weighted by molar-refractivity contribution is 0.0698. The Balaban J connectivity index is 1.26. The molecule has 0 spiro atoms. The number of aryl methyl sites for hydroxylation is 1. The minimum absolute atomic E-state index is 0.0497. The molecule has 1 fully saturated rings. The van der Waals surface area contributed by atoms with E-state index in [2.05, 4.69) is 15.7 Å². The Kier molecular flexibility index (Phi) is 7.04. The minimum Gasteiger partial charge on any atom is -0.349 e. The smallest absolute Gasteiger partial charge is 0.253 e. The molecule has 0 radical (unpaired) electrons. The van der Waals surface area contributed by atoms with Crippen LogP contribution in [-0.4, -0.2) is 40.8 Å². The molecule has 1 aliphatic heterocycles. The average molecular weight is 452 g/mol. The van der Waals surface area contributed by atoms with Gasteiger partial charge in [0.2, 0.25) is 0 Å². The third kappa shape index (κ3) is 5.74. The van der Waals surface area contributed by atoms with Gasteiger partial charge in [0.05, 0.1) is 10.7 Å². The molecule has 0 atom stereocenters. The first-order chi connectivity index (χ1) is 15.1. The van der Waals surface area contributed by atoms with Gasteiger partial charge in [0.1, 0.15) is 0 Å². The van der Waals surface area contributed by atoms with Crippen LogP contribution in [0.15, 0.2) is 64.9 Å². The molecule has 1 aromatic heterocycles. The number of carbonyl (C=O) groups is 2. The topological polar surface area (TPSA) is 62.3 Å². The average Bonchev–Trinajstić information content (AvgIpc) is 3.24. The maximum atomic E-state index is 12.9. The lowest BCUT2D eigenvalue weighted by atomic mass is 10.0. The van der Waals surface area contributed by atoms with Gasteiger partial charge in [-0.15, -0.1) is 23.1 Å². The van der Waals surface area contributed by atoms with E-state index in [9.17, 15) is 9.59 Å². The number of benzene rings is 2. The van der Waals surface area contributed by atoms with Crippen LogP contribution in [0.3, 0.4) is 0 Å². The molecule has 2 amide bonds. The first kappa shape index (κ1) is 21.6. The van der Waals surface area contributed by atoms with E-state index in [4.69, 9.17) is 0 Å². The number of rotatable bonds is 6. The summed E-state index contributed by atoms with van der Waals surface area (Å²) in [5, 5.41) is 6.26. The Hall–Kier alpha value is -2.64. The largest absolute Gasteiger partial charge is 0.349 e. The van der Waals surface area contributed by atoms with E-state index < -0.39 is 0 Å². The van der Waals surface area contributed by atoms with Crippen LogP contribution in [0.25, 0.3) is 0 Å². The van der Waals surface area contributed by atoms with Crippen LogP contribution in [0.1, 0.15) is 44.3 Å². The molecule has 2 heterocycles. The molecular formula is C24H25N3O2S2. The monoisotopic (exact) mass is 451 g/mol. The summed E-state index contributed by atoms with van der Waals surface area (Å²) in [5.41, 5.74) is 2.47. The number of carbonyl (C=O) groups excluding carboxylic acids is 2. The van der Waals surface area contributed by atoms with Crippen LogP contribution in [0.5, 0.6) is 0 Å². The van der Waals surface area contributed by atoms with Crippen LogP contribution >= 0.6 is 23.1 Å². The number of piperidine rings is 1. The first-order valence-corrected chi connectivity index (χ1v) is 12.2. The quantitative estimate of drug-likeness (QED) is 0.548. The van der Waals surface area contributed by atoms with Crippen LogP contribution in [-0.2, 0) is 5.75 Å². The predicted molar refractivity (Wildman–Crippen MR) is 126 cm³/mol. The second-order valence-corrected chi connectivity index (χ2v) is 9.69. The predicted octanol–water partition coefficient (Wildman–Crippen LogP) is 4.78. The molecule has 160 valence electrons. The number of nitrogens with one attached hydrogen (secondary N) is 1. The van der Waals surface area contributed by atoms with Crippen molar-refractivity contribution in [3.63, 3.8) is 0 Å². The van der Waals surface area contributed by atoms with Gasteiger partial charge in [0, 0.05) is 46.3 Å². The zero-order valence-corrected chi connectivity index (χ0v) is 19.0. The third-order valence-electron chi connectivity index (χ3n) is 5.31. The van der Waals surface area contributed by atoms with E-state index in [-0.39, 0.29) is 17.9 Å². The Morgan fingerprint density at radius 2 is 1.77 bits per heavy atom. The Morgan fingerprint density at radius 3 is 2.42 bits per heavy atom. The van der Waals surface area contributed by atoms with Gasteiger partial charge < -0.3 is 10.2 Å². The Labute approximate surface area is 190 Å². The second-order valence-electron chi connectivity index (χ2n) is 7.58. The van der Waals surface area contributed by atoms with Crippen molar-refractivity contribution < 1.29 is 9.59 Å². The van der Waals surface area contributed by atoms with Crippen molar-refractivity contribution in [2.75, 3.05) is 13.1 Å². The zero-order valence-electron chi connectivity index (χ0n) is 17.4. The fourth-order valence-electron chi connectivity index (χ4n) is 3.59. The van der Waals surface area contributed by atoms with Crippen molar-refractivity contribution >= 4 is 34.9 Å². The van der Waals surface area contributed by atoms with Gasteiger partial charge >= 0.3 is 0 Å². The van der Waals surface area contributed by atoms with Gasteiger partial charge in [0.15, 0.2) is 0 Å². The summed E-state index contributed by atoms with van der Waals surface area (Å²) < 4.78 is 0. The molecule has 0 saturated carbocycles. The number of thioether (sulfide) groups is 1. The first-order valence-electron chi connectivity index (χ1n) is 10.4. The summed E-state index contributed by atoms with van der Waals surface area (Å²) in [6, 6.07) is 17.2. The van der Waals surface area contributed by atoms with E-state index in [1.54, 1.807) is 23.1 Å². The van der Waals surface area contributed by atoms with Gasteiger partial charge in [-0.25, -0.2) is 4.98 Å². The summed E-state index contributed by atoms with van der Waals surface area (Å²) in [6.07, 6.45) is 1.54. The normalized spacial score (nSPS) is 14.4. The van der Waals surface area contributed by atoms with E-state index in [0.29, 0.717) is 24.2 Å². The summed E-state index contributed by atoms with van der Waals surface area (Å²) in [5.74, 6) is 0.839. The van der Waals surface area contributed by atoms with Crippen LogP contribution in [0.2, 0.25) is 0 Å². The Morgan fingerprint density at radius 1 is 1.06 bits per heavy atom. The highest BCUT2D eigenvalue weighted by molar-refractivity contribution is 7.98. The highest BCUT2D eigenvalue weighted by Crippen LogP contribution is 2.24. The van der Waals surface area contributed by atoms with Crippen molar-refractivity contribution in [1.29, 1.82) is 0 Å². The number of likely N-dealkylation sites (tertiary alicyclic amines) is 1. The Bertz CT molecular complexity index is 1030. The van der Waals surface area contributed by atoms with Crippen molar-refractivity contribution in [3.05, 3.63) is 81.8 Å². The molecule has 3 aromatic rings. The molecule has 0 aliphatic carbocycles. The van der Waals surface area contributed by atoms with Gasteiger partial charge in [-0.2, -0.15) is 0 Å². The van der Waals surface area contributed by atoms with E-state index >= 15 is 0 Å². The lowest BCUT2D eigenvalue weighted by Gasteiger charge is -2.32. The number of aromatic nitrogens is 1. The van der Waals surface area contributed by atoms with E-state index in [0.717, 1.165) is 34.2 Å². The fourth-order valence-corrected chi connectivity index (χ4v) is 5.10. The highest BCUT2D eigenvalue weighted by atomic mass is 32.2. The van der Waals surface area contributed by atoms with Crippen molar-refractivity contribution in [1.82, 2.24) is 15.2 Å². The molecule has 1 saturated heterocycles. The van der Waals surface area contributed by atoms with Crippen molar-refractivity contribution in [2.45, 2.75) is 36.5 Å². The van der Waals surface area contributed by atoms with Crippen LogP contribution in [0, 0.1) is 6.92 Å². The van der Waals surface area contributed by atoms with Crippen molar-refractivity contribution in [3.8, 4) is 0 Å². The number of hydrogen-bond donors (Lipinski definition) is 1. The maximum Gasteiger partial charge on any atom is 0.253 e. The van der Waals surface area contributed by atoms with Crippen molar-refractivity contribution in [2.24, 2.45) is 0 Å². The van der Waals surface area contributed by atoms with Crippen LogP contribution < -0.4 is 5.32 Å². The summed E-state index contributed by atoms with van der Waals surface area (Å²) in [7, 11) is 0. The number of amides is 2. The SMILES string of the molecule is Cc1nc(CSc2ccc(C(=O)N3CCC(NC(=O)c4ccccc4)CC3)cc2)cs1. The van der Waals surface area contributed by atoms with Gasteiger partial charge in [0.25, 0.3) is 11.8 Å². The van der Waals surface area contributed by atoms with Gasteiger partial charge in [-0.3, -0.25) is 9.59 Å². The lowest BCUT2D eigenvalue weighted by Crippen LogP contribution is -2.46. The summed E-state index contributed by atoms with van der Waals surface area (Å²) in [4.78, 5) is 32.7. The molecule has 31 heavy (non-hydrogen) atoms. The molecule has 4 rings (SSSR count).